The highest BCUT2D eigenvalue weighted by Crippen LogP contribution is 2.22. The van der Waals surface area contributed by atoms with Crippen molar-refractivity contribution in [1.29, 1.82) is 0 Å². The summed E-state index contributed by atoms with van der Waals surface area (Å²) in [4.78, 5) is 0. The summed E-state index contributed by atoms with van der Waals surface area (Å²) in [5.41, 5.74) is 7.88. The highest BCUT2D eigenvalue weighted by atomic mass is 16.5. The maximum absolute atomic E-state index is 5.70. The van der Waals surface area contributed by atoms with Crippen LogP contribution < -0.4 is 11.1 Å². The lowest BCUT2D eigenvalue weighted by molar-refractivity contribution is 0.0873. The van der Waals surface area contributed by atoms with Crippen LogP contribution in [0.5, 0.6) is 0 Å². The molecule has 0 spiro atoms. The summed E-state index contributed by atoms with van der Waals surface area (Å²) in [6.45, 7) is 5.33. The van der Waals surface area contributed by atoms with E-state index in [0.717, 1.165) is 38.2 Å². The minimum atomic E-state index is 0.476. The quantitative estimate of drug-likeness (QED) is 0.586. The molecular weight excluding hydrogens is 236 g/mol. The summed E-state index contributed by atoms with van der Waals surface area (Å²) in [5, 5.41) is 3.57. The Morgan fingerprint density at radius 1 is 1.32 bits per heavy atom. The van der Waals surface area contributed by atoms with Gasteiger partial charge in [-0.25, -0.2) is 0 Å². The number of nitrogens with two attached hydrogens (primary N) is 1. The van der Waals surface area contributed by atoms with Crippen molar-refractivity contribution in [2.45, 2.75) is 38.7 Å². The zero-order valence-electron chi connectivity index (χ0n) is 11.9. The van der Waals surface area contributed by atoms with Gasteiger partial charge in [0.1, 0.15) is 0 Å². The Morgan fingerprint density at radius 2 is 2.11 bits per heavy atom. The van der Waals surface area contributed by atoms with Gasteiger partial charge in [0.05, 0.1) is 6.10 Å². The number of nitrogen functional groups attached to an aromatic ring is 1. The number of anilines is 1. The van der Waals surface area contributed by atoms with Crippen molar-refractivity contribution < 1.29 is 4.74 Å². The van der Waals surface area contributed by atoms with Crippen LogP contribution in [0.4, 0.5) is 5.69 Å². The molecular formula is C16H26N2O. The van der Waals surface area contributed by atoms with Gasteiger partial charge < -0.3 is 15.8 Å². The van der Waals surface area contributed by atoms with Gasteiger partial charge in [0.2, 0.25) is 0 Å². The first-order chi connectivity index (χ1) is 9.29. The van der Waals surface area contributed by atoms with Crippen molar-refractivity contribution in [2.24, 2.45) is 5.92 Å². The van der Waals surface area contributed by atoms with E-state index in [1.807, 2.05) is 12.1 Å². The van der Waals surface area contributed by atoms with Gasteiger partial charge in [-0.2, -0.15) is 0 Å². The lowest BCUT2D eigenvalue weighted by Gasteiger charge is -2.17. The maximum atomic E-state index is 5.70. The molecule has 1 aromatic carbocycles. The molecule has 0 aromatic heterocycles. The summed E-state index contributed by atoms with van der Waals surface area (Å²) in [6.07, 6.45) is 5.12. The second-order valence-electron chi connectivity index (χ2n) is 5.42. The van der Waals surface area contributed by atoms with E-state index in [1.54, 1.807) is 0 Å². The van der Waals surface area contributed by atoms with Gasteiger partial charge in [-0.05, 0) is 55.8 Å². The van der Waals surface area contributed by atoms with Crippen LogP contribution in [0, 0.1) is 5.92 Å². The molecule has 0 amide bonds. The van der Waals surface area contributed by atoms with Gasteiger partial charge in [-0.15, -0.1) is 0 Å². The molecule has 3 heteroatoms. The smallest absolute Gasteiger partial charge is 0.0613 e. The molecule has 19 heavy (non-hydrogen) atoms. The first-order valence-corrected chi connectivity index (χ1v) is 7.46. The van der Waals surface area contributed by atoms with Crippen LogP contribution in [0.3, 0.4) is 0 Å². The lowest BCUT2D eigenvalue weighted by Crippen LogP contribution is -2.29. The van der Waals surface area contributed by atoms with Crippen molar-refractivity contribution >= 4 is 5.69 Å². The van der Waals surface area contributed by atoms with Gasteiger partial charge >= 0.3 is 0 Å². The van der Waals surface area contributed by atoms with Crippen LogP contribution in [0.1, 0.15) is 31.7 Å². The third kappa shape index (κ3) is 4.51. The number of nitrogens with one attached hydrogen (secondary N) is 1. The Balaban J connectivity index is 1.58. The van der Waals surface area contributed by atoms with Crippen LogP contribution >= 0.6 is 0 Å². The largest absolute Gasteiger partial charge is 0.399 e. The van der Waals surface area contributed by atoms with Gasteiger partial charge in [-0.3, -0.25) is 0 Å². The van der Waals surface area contributed by atoms with Crippen molar-refractivity contribution in [3.8, 4) is 0 Å². The van der Waals surface area contributed by atoms with E-state index in [9.17, 15) is 0 Å². The van der Waals surface area contributed by atoms with E-state index >= 15 is 0 Å². The second-order valence-corrected chi connectivity index (χ2v) is 5.42. The molecule has 1 aromatic rings. The third-order valence-corrected chi connectivity index (χ3v) is 3.95. The Labute approximate surface area is 116 Å². The summed E-state index contributed by atoms with van der Waals surface area (Å²) >= 11 is 0. The fraction of sp³-hybridized carbons (Fsp3) is 0.625. The molecule has 0 aliphatic carbocycles. The lowest BCUT2D eigenvalue weighted by atomic mass is 9.99. The molecule has 1 heterocycles. The zero-order chi connectivity index (χ0) is 13.5. The SMILES string of the molecule is CCC1OCCC1CNCCCc1ccc(N)cc1. The first-order valence-electron chi connectivity index (χ1n) is 7.46. The maximum Gasteiger partial charge on any atom is 0.0613 e. The second kappa shape index (κ2) is 7.51. The molecule has 2 atom stereocenters. The fourth-order valence-electron chi connectivity index (χ4n) is 2.77. The summed E-state index contributed by atoms with van der Waals surface area (Å²) in [5.74, 6) is 0.710. The van der Waals surface area contributed by atoms with Gasteiger partial charge in [0.15, 0.2) is 0 Å². The molecule has 1 aliphatic heterocycles. The topological polar surface area (TPSA) is 47.3 Å². The zero-order valence-corrected chi connectivity index (χ0v) is 11.9. The van der Waals surface area contributed by atoms with E-state index in [-0.39, 0.29) is 0 Å². The molecule has 2 rings (SSSR count). The molecule has 1 fully saturated rings. The number of hydrogen-bond donors (Lipinski definition) is 2. The van der Waals surface area contributed by atoms with Crippen LogP contribution in [0.25, 0.3) is 0 Å². The van der Waals surface area contributed by atoms with Crippen LogP contribution in [-0.2, 0) is 11.2 Å². The third-order valence-electron chi connectivity index (χ3n) is 3.95. The first kappa shape index (κ1) is 14.4. The van der Waals surface area contributed by atoms with Crippen LogP contribution in [-0.4, -0.2) is 25.8 Å². The molecule has 3 nitrogen and oxygen atoms in total. The fourth-order valence-corrected chi connectivity index (χ4v) is 2.77. The van der Waals surface area contributed by atoms with E-state index in [4.69, 9.17) is 10.5 Å². The van der Waals surface area contributed by atoms with Crippen LogP contribution in [0.15, 0.2) is 24.3 Å². The normalized spacial score (nSPS) is 22.8. The predicted octanol–water partition coefficient (Wildman–Crippen LogP) is 2.61. The monoisotopic (exact) mass is 262 g/mol. The Morgan fingerprint density at radius 3 is 2.84 bits per heavy atom. The summed E-state index contributed by atoms with van der Waals surface area (Å²) < 4.78 is 5.70. The minimum Gasteiger partial charge on any atom is -0.399 e. The molecule has 0 saturated carbocycles. The summed E-state index contributed by atoms with van der Waals surface area (Å²) in [6, 6.07) is 8.19. The number of benzene rings is 1. The van der Waals surface area contributed by atoms with Gasteiger partial charge in [-0.1, -0.05) is 19.1 Å². The Hall–Kier alpha value is -1.06. The average molecular weight is 262 g/mol. The van der Waals surface area contributed by atoms with Crippen molar-refractivity contribution in [3.63, 3.8) is 0 Å². The molecule has 1 saturated heterocycles. The van der Waals surface area contributed by atoms with Crippen molar-refractivity contribution in [3.05, 3.63) is 29.8 Å². The average Bonchev–Trinajstić information content (AvgIpc) is 2.88. The number of rotatable bonds is 7. The predicted molar refractivity (Wildman–Crippen MR) is 80.2 cm³/mol. The van der Waals surface area contributed by atoms with Gasteiger partial charge in [0.25, 0.3) is 0 Å². The van der Waals surface area contributed by atoms with E-state index in [2.05, 4.69) is 24.4 Å². The molecule has 3 N–H and O–H groups in total. The molecule has 0 bridgehead atoms. The minimum absolute atomic E-state index is 0.476. The highest BCUT2D eigenvalue weighted by Gasteiger charge is 2.25. The number of aryl methyl sites for hydroxylation is 1. The number of ether oxygens (including phenoxy) is 1. The Bertz CT molecular complexity index is 364. The van der Waals surface area contributed by atoms with E-state index in [0.29, 0.717) is 12.0 Å². The standard InChI is InChI=1S/C16H26N2O/c1-2-16-14(9-11-19-16)12-18-10-3-4-13-5-7-15(17)8-6-13/h5-8,14,16,18H,2-4,9-12,17H2,1H3. The van der Waals surface area contributed by atoms with E-state index in [1.165, 1.54) is 18.4 Å². The van der Waals surface area contributed by atoms with Gasteiger partial charge in [0, 0.05) is 18.8 Å². The van der Waals surface area contributed by atoms with Crippen LogP contribution in [0.2, 0.25) is 0 Å². The Kier molecular flexibility index (Phi) is 5.67. The van der Waals surface area contributed by atoms with Crippen molar-refractivity contribution in [2.75, 3.05) is 25.4 Å². The summed E-state index contributed by atoms with van der Waals surface area (Å²) in [7, 11) is 0. The molecule has 2 unspecified atom stereocenters. The van der Waals surface area contributed by atoms with E-state index < -0.39 is 0 Å². The highest BCUT2D eigenvalue weighted by molar-refractivity contribution is 5.39. The molecule has 106 valence electrons. The molecule has 0 radical (unpaired) electrons. The molecule has 1 aliphatic rings. The number of hydrogen-bond acceptors (Lipinski definition) is 3. The van der Waals surface area contributed by atoms with Crippen molar-refractivity contribution in [1.82, 2.24) is 5.32 Å².